The van der Waals surface area contributed by atoms with Crippen molar-refractivity contribution < 1.29 is 0 Å². The van der Waals surface area contributed by atoms with Crippen LogP contribution in [-0.2, 0) is 6.54 Å². The van der Waals surface area contributed by atoms with Crippen molar-refractivity contribution in [2.45, 2.75) is 6.54 Å². The number of rotatable bonds is 2. The molecule has 0 aromatic carbocycles. The minimum Gasteiger partial charge on any atom is -0.264 e. The molecule has 76 valence electrons. The molecule has 0 unspecified atom stereocenters. The molecule has 0 saturated heterocycles. The van der Waals surface area contributed by atoms with Gasteiger partial charge in [0, 0.05) is 12.4 Å². The molecule has 15 heavy (non-hydrogen) atoms. The van der Waals surface area contributed by atoms with E-state index in [1.165, 1.54) is 0 Å². The second-order valence-corrected chi connectivity index (χ2v) is 3.33. The largest absolute Gasteiger partial charge is 0.264 e. The fraction of sp³-hybridized carbons (Fsp3) is 0.100. The Labute approximate surface area is 91.7 Å². The summed E-state index contributed by atoms with van der Waals surface area (Å²) in [5.74, 6) is 0. The van der Waals surface area contributed by atoms with Gasteiger partial charge in [-0.1, -0.05) is 17.7 Å². The van der Waals surface area contributed by atoms with E-state index in [9.17, 15) is 0 Å². The summed E-state index contributed by atoms with van der Waals surface area (Å²) in [5.41, 5.74) is 1.75. The fourth-order valence-corrected chi connectivity index (χ4v) is 1.19. The molecule has 4 nitrogen and oxygen atoms in total. The number of aromatic amines is 1. The molecule has 0 atom stereocenters. The number of hydrogen-bond donors (Lipinski definition) is 1. The van der Waals surface area contributed by atoms with E-state index in [-0.39, 0.29) is 0 Å². The maximum absolute atomic E-state index is 5.63. The van der Waals surface area contributed by atoms with Crippen LogP contribution in [0.4, 0.5) is 0 Å². The van der Waals surface area contributed by atoms with E-state index in [2.05, 4.69) is 20.2 Å². The maximum atomic E-state index is 5.63. The van der Waals surface area contributed by atoms with Gasteiger partial charge in [-0.2, -0.15) is 5.10 Å². The van der Waals surface area contributed by atoms with Crippen LogP contribution in [0.25, 0.3) is 0 Å². The first-order valence-corrected chi connectivity index (χ1v) is 4.83. The van der Waals surface area contributed by atoms with E-state index in [1.54, 1.807) is 24.5 Å². The Morgan fingerprint density at radius 3 is 2.93 bits per heavy atom. The molecular weight excluding hydrogens is 212 g/mol. The van der Waals surface area contributed by atoms with Gasteiger partial charge in [-0.05, 0) is 23.8 Å². The molecule has 0 saturated carbocycles. The zero-order valence-electron chi connectivity index (χ0n) is 7.89. The van der Waals surface area contributed by atoms with E-state index in [1.807, 2.05) is 12.1 Å². The van der Waals surface area contributed by atoms with E-state index >= 15 is 0 Å². The first-order chi connectivity index (χ1) is 7.34. The number of H-pyrrole nitrogens is 1. The Hall–Kier alpha value is -1.68. The van der Waals surface area contributed by atoms with Crippen LogP contribution in [0.1, 0.15) is 5.56 Å². The molecular formula is C10H9ClN4. The van der Waals surface area contributed by atoms with Crippen LogP contribution in [0.2, 0.25) is 5.15 Å². The number of halogens is 1. The predicted molar refractivity (Wildman–Crippen MR) is 57.1 cm³/mol. The molecule has 2 aromatic heterocycles. The lowest BCUT2D eigenvalue weighted by Gasteiger charge is -1.93. The van der Waals surface area contributed by atoms with Gasteiger partial charge in [0.1, 0.15) is 10.6 Å². The normalized spacial score (nSPS) is 11.7. The van der Waals surface area contributed by atoms with Crippen LogP contribution < -0.4 is 5.49 Å². The summed E-state index contributed by atoms with van der Waals surface area (Å²) >= 11 is 5.63. The summed E-state index contributed by atoms with van der Waals surface area (Å²) in [5, 5.41) is 6.99. The molecule has 0 spiro atoms. The Morgan fingerprint density at radius 1 is 1.33 bits per heavy atom. The molecule has 2 rings (SSSR count). The molecule has 1 N–H and O–H groups in total. The van der Waals surface area contributed by atoms with Crippen molar-refractivity contribution in [1.29, 1.82) is 0 Å². The van der Waals surface area contributed by atoms with E-state index in [4.69, 9.17) is 11.6 Å². The van der Waals surface area contributed by atoms with Crippen molar-refractivity contribution in [3.05, 3.63) is 52.9 Å². The SMILES string of the molecule is Clc1cc/c(=N\Cc2cccnc2)[nH]n1. The molecule has 0 amide bonds. The minimum atomic E-state index is 0.426. The molecule has 0 aliphatic carbocycles. The smallest absolute Gasteiger partial charge is 0.149 e. The van der Waals surface area contributed by atoms with Crippen molar-refractivity contribution in [2.24, 2.45) is 4.99 Å². The van der Waals surface area contributed by atoms with Gasteiger partial charge in [0.05, 0.1) is 6.54 Å². The number of nitrogens with one attached hydrogen (secondary N) is 1. The lowest BCUT2D eigenvalue weighted by molar-refractivity contribution is 0.891. The molecule has 0 fully saturated rings. The topological polar surface area (TPSA) is 53.9 Å². The summed E-state index contributed by atoms with van der Waals surface area (Å²) in [6, 6.07) is 7.33. The number of aromatic nitrogens is 3. The molecule has 2 heterocycles. The molecule has 0 aliphatic rings. The third-order valence-corrected chi connectivity index (χ3v) is 2.02. The molecule has 0 aliphatic heterocycles. The van der Waals surface area contributed by atoms with Crippen LogP contribution in [0.15, 0.2) is 41.7 Å². The van der Waals surface area contributed by atoms with Crippen LogP contribution in [0.5, 0.6) is 0 Å². The van der Waals surface area contributed by atoms with E-state index in [0.717, 1.165) is 5.56 Å². The zero-order chi connectivity index (χ0) is 10.5. The molecule has 5 heteroatoms. The highest BCUT2D eigenvalue weighted by molar-refractivity contribution is 6.29. The van der Waals surface area contributed by atoms with Crippen LogP contribution in [0.3, 0.4) is 0 Å². The second kappa shape index (κ2) is 4.70. The highest BCUT2D eigenvalue weighted by atomic mass is 35.5. The maximum Gasteiger partial charge on any atom is 0.149 e. The summed E-state index contributed by atoms with van der Waals surface area (Å²) in [7, 11) is 0. The second-order valence-electron chi connectivity index (χ2n) is 2.94. The van der Waals surface area contributed by atoms with E-state index < -0.39 is 0 Å². The Balaban J connectivity index is 2.15. The van der Waals surface area contributed by atoms with Gasteiger partial charge >= 0.3 is 0 Å². The zero-order valence-corrected chi connectivity index (χ0v) is 8.65. The van der Waals surface area contributed by atoms with Gasteiger partial charge in [-0.25, -0.2) is 0 Å². The third-order valence-electron chi connectivity index (χ3n) is 1.81. The molecule has 2 aromatic rings. The van der Waals surface area contributed by atoms with Gasteiger partial charge in [-0.15, -0.1) is 0 Å². The van der Waals surface area contributed by atoms with Gasteiger partial charge < -0.3 is 0 Å². The Morgan fingerprint density at radius 2 is 2.27 bits per heavy atom. The first-order valence-electron chi connectivity index (χ1n) is 4.45. The predicted octanol–water partition coefficient (Wildman–Crippen LogP) is 1.56. The van der Waals surface area contributed by atoms with Gasteiger partial charge in [0.25, 0.3) is 0 Å². The van der Waals surface area contributed by atoms with Crippen LogP contribution >= 0.6 is 11.6 Å². The number of nitrogens with zero attached hydrogens (tertiary/aromatic N) is 3. The number of pyridine rings is 1. The third kappa shape index (κ3) is 2.89. The van der Waals surface area contributed by atoms with Crippen molar-refractivity contribution in [3.8, 4) is 0 Å². The minimum absolute atomic E-state index is 0.426. The lowest BCUT2D eigenvalue weighted by atomic mass is 10.3. The molecule has 0 bridgehead atoms. The number of hydrogen-bond acceptors (Lipinski definition) is 3. The van der Waals surface area contributed by atoms with Gasteiger partial charge in [0.15, 0.2) is 0 Å². The quantitative estimate of drug-likeness (QED) is 0.835. The summed E-state index contributed by atoms with van der Waals surface area (Å²) < 4.78 is 0. The fourth-order valence-electron chi connectivity index (χ4n) is 1.09. The monoisotopic (exact) mass is 220 g/mol. The lowest BCUT2D eigenvalue weighted by Crippen LogP contribution is -2.08. The highest BCUT2D eigenvalue weighted by Crippen LogP contribution is 1.97. The summed E-state index contributed by atoms with van der Waals surface area (Å²) in [6.07, 6.45) is 3.52. The standard InChI is InChI=1S/C10H9ClN4/c11-9-3-4-10(15-14-9)13-7-8-2-1-5-12-6-8/h1-6H,7H2,(H,13,15). The van der Waals surface area contributed by atoms with Crippen molar-refractivity contribution in [1.82, 2.24) is 15.2 Å². The summed E-state index contributed by atoms with van der Waals surface area (Å²) in [6.45, 7) is 0.577. The van der Waals surface area contributed by atoms with Gasteiger partial charge in [-0.3, -0.25) is 15.1 Å². The van der Waals surface area contributed by atoms with Gasteiger partial charge in [0.2, 0.25) is 0 Å². The summed E-state index contributed by atoms with van der Waals surface area (Å²) in [4.78, 5) is 8.31. The van der Waals surface area contributed by atoms with Crippen molar-refractivity contribution >= 4 is 11.6 Å². The Kier molecular flexibility index (Phi) is 3.09. The Bertz CT molecular complexity index is 472. The highest BCUT2D eigenvalue weighted by Gasteiger charge is 1.89. The molecule has 0 radical (unpaired) electrons. The average molecular weight is 221 g/mol. The van der Waals surface area contributed by atoms with E-state index in [0.29, 0.717) is 17.2 Å². The van der Waals surface area contributed by atoms with Crippen molar-refractivity contribution in [3.63, 3.8) is 0 Å². The van der Waals surface area contributed by atoms with Crippen molar-refractivity contribution in [2.75, 3.05) is 0 Å². The van der Waals surface area contributed by atoms with Crippen LogP contribution in [-0.4, -0.2) is 15.2 Å². The first kappa shape index (κ1) is 9.86. The van der Waals surface area contributed by atoms with Crippen LogP contribution in [0, 0.1) is 0 Å². The average Bonchev–Trinajstić information content (AvgIpc) is 2.30.